The molecule has 4 radical (unpaired) electrons. The van der Waals surface area contributed by atoms with Gasteiger partial charge in [0.15, 0.2) is 0 Å². The lowest BCUT2D eigenvalue weighted by Gasteiger charge is -2.19. The second kappa shape index (κ2) is 5.78. The van der Waals surface area contributed by atoms with Crippen molar-refractivity contribution in [2.24, 2.45) is 0 Å². The highest BCUT2D eigenvalue weighted by molar-refractivity contribution is 7.45. The molecule has 0 aliphatic carbocycles. The van der Waals surface area contributed by atoms with Crippen LogP contribution in [0.5, 0.6) is 0 Å². The normalized spacial score (nSPS) is 10.7. The Bertz CT molecular complexity index is 120. The van der Waals surface area contributed by atoms with Gasteiger partial charge in [-0.2, -0.15) is 0 Å². The van der Waals surface area contributed by atoms with E-state index in [4.69, 9.17) is 38.5 Å². The Balaban J connectivity index is -0.000000107. The zero-order valence-electron chi connectivity index (χ0n) is 4.72. The van der Waals surface area contributed by atoms with E-state index in [1.807, 2.05) is 0 Å². The molecule has 0 saturated carbocycles. The number of hydrogen-bond acceptors (Lipinski definition) is 4. The molecule has 0 aliphatic rings. The van der Waals surface area contributed by atoms with Crippen LogP contribution in [0.25, 0.3) is 0 Å². The van der Waals surface area contributed by atoms with Crippen LogP contribution in [0.3, 0.4) is 0 Å². The molecule has 9 nitrogen and oxygen atoms in total. The molecule has 11 heavy (non-hydrogen) atoms. The summed E-state index contributed by atoms with van der Waals surface area (Å²) in [5.74, 6) is 0. The first-order valence-corrected chi connectivity index (χ1v) is 4.59. The van der Waals surface area contributed by atoms with Gasteiger partial charge in [0.2, 0.25) is 0 Å². The largest absolute Gasteiger partial charge is 2.00 e. The Morgan fingerprint density at radius 1 is 0.909 bits per heavy atom. The highest BCUT2D eigenvalue weighted by Crippen LogP contribution is 2.25. The van der Waals surface area contributed by atoms with Crippen LogP contribution in [-0.4, -0.2) is 19.6 Å². The van der Waals surface area contributed by atoms with Gasteiger partial charge in [-0.1, -0.05) is 0 Å². The standard InChI is InChI=1S/2H3O4P.O/c2*1-5(2,3)4;/h2*(H3,1,2,3,4);/q;;+2/p-2. The minimum Gasteiger partial charge on any atom is -0.790 e. The molecule has 0 fully saturated rings. The predicted octanol–water partition coefficient (Wildman–Crippen LogP) is -3.24. The second-order valence-electron chi connectivity index (χ2n) is 0.982. The Kier molecular flexibility index (Phi) is 9.10. The van der Waals surface area contributed by atoms with Crippen LogP contribution in [0.15, 0.2) is 0 Å². The van der Waals surface area contributed by atoms with Crippen molar-refractivity contribution < 1.29 is 44.0 Å². The average Bonchev–Trinajstić information content (AvgIpc) is 1.12. The van der Waals surface area contributed by atoms with Gasteiger partial charge < -0.3 is 33.9 Å². The highest BCUT2D eigenvalue weighted by Gasteiger charge is 2.00. The first kappa shape index (κ1) is 17.3. The zero-order chi connectivity index (χ0) is 9.00. The van der Waals surface area contributed by atoms with Gasteiger partial charge in [-0.05, 0) is 0 Å². The maximum Gasteiger partial charge on any atom is 2.00 e. The summed E-state index contributed by atoms with van der Waals surface area (Å²) in [5.41, 5.74) is 0. The quantitative estimate of drug-likeness (QED) is 0.299. The minimum absolute atomic E-state index is 0. The van der Waals surface area contributed by atoms with E-state index in [-0.39, 0.29) is 5.48 Å². The van der Waals surface area contributed by atoms with Gasteiger partial charge in [0.25, 0.3) is 0 Å². The van der Waals surface area contributed by atoms with Gasteiger partial charge in [0, 0.05) is 0 Å². The third-order valence-electron chi connectivity index (χ3n) is 0. The SMILES string of the molecule is O=P(O)(O)O.O=P([O-])([O-])O.[O+2]. The molecule has 0 aliphatic heterocycles. The summed E-state index contributed by atoms with van der Waals surface area (Å²) < 4.78 is 17.5. The van der Waals surface area contributed by atoms with Crippen molar-refractivity contribution in [1.82, 2.24) is 0 Å². The Labute approximate surface area is 60.7 Å². The number of phosphoric acid groups is 2. The fourth-order valence-electron chi connectivity index (χ4n) is 0. The third kappa shape index (κ3) is 21000. The van der Waals surface area contributed by atoms with E-state index >= 15 is 0 Å². The fourth-order valence-corrected chi connectivity index (χ4v) is 0. The summed E-state index contributed by atoms with van der Waals surface area (Å²) in [6, 6.07) is 0. The predicted molar refractivity (Wildman–Crippen MR) is 24.8 cm³/mol. The van der Waals surface area contributed by atoms with Crippen LogP contribution in [0.4, 0.5) is 0 Å². The molecule has 0 atom stereocenters. The molecule has 68 valence electrons. The molecule has 0 aromatic carbocycles. The van der Waals surface area contributed by atoms with Crippen LogP contribution in [-0.2, 0) is 14.6 Å². The fraction of sp³-hybridized carbons (Fsp3) is 0. The monoisotopic (exact) mass is 210 g/mol. The smallest absolute Gasteiger partial charge is 0.790 e. The summed E-state index contributed by atoms with van der Waals surface area (Å²) in [6.45, 7) is 0. The minimum atomic E-state index is -5.14. The van der Waals surface area contributed by atoms with Crippen LogP contribution in [0.2, 0.25) is 0 Å². The molecule has 4 N–H and O–H groups in total. The highest BCUT2D eigenvalue weighted by atomic mass is 31.2. The summed E-state index contributed by atoms with van der Waals surface area (Å²) in [4.78, 5) is 45.8. The van der Waals surface area contributed by atoms with E-state index in [1.165, 1.54) is 0 Å². The summed E-state index contributed by atoms with van der Waals surface area (Å²) in [5, 5.41) is 0. The average molecular weight is 210 g/mol. The summed E-state index contributed by atoms with van der Waals surface area (Å²) >= 11 is 0. The maximum absolute atomic E-state index is 8.88. The van der Waals surface area contributed by atoms with Gasteiger partial charge in [0.1, 0.15) is 0 Å². The van der Waals surface area contributed by atoms with E-state index < -0.39 is 15.6 Å². The molecule has 0 bridgehead atoms. The van der Waals surface area contributed by atoms with Crippen LogP contribution in [0.1, 0.15) is 0 Å². The van der Waals surface area contributed by atoms with Crippen molar-refractivity contribution in [3.63, 3.8) is 0 Å². The van der Waals surface area contributed by atoms with E-state index in [9.17, 15) is 0 Å². The molecule has 0 heterocycles. The third-order valence-corrected chi connectivity index (χ3v) is 0. The number of rotatable bonds is 0. The molecule has 0 saturated heterocycles. The first-order chi connectivity index (χ1) is 4.00. The van der Waals surface area contributed by atoms with Crippen molar-refractivity contribution in [3.05, 3.63) is 0 Å². The Morgan fingerprint density at radius 2 is 0.909 bits per heavy atom. The van der Waals surface area contributed by atoms with Crippen LogP contribution >= 0.6 is 15.6 Å². The van der Waals surface area contributed by atoms with E-state index in [1.54, 1.807) is 0 Å². The molecular weight excluding hydrogens is 206 g/mol. The lowest BCUT2D eigenvalue weighted by atomic mass is 15.8. The van der Waals surface area contributed by atoms with Crippen LogP contribution < -0.4 is 9.79 Å². The van der Waals surface area contributed by atoms with Crippen molar-refractivity contribution in [2.45, 2.75) is 0 Å². The zero-order valence-corrected chi connectivity index (χ0v) is 6.51. The van der Waals surface area contributed by atoms with E-state index in [2.05, 4.69) is 0 Å². The first-order valence-electron chi connectivity index (χ1n) is 1.53. The van der Waals surface area contributed by atoms with E-state index in [0.29, 0.717) is 0 Å². The molecular formula is H4O9P2. The molecule has 0 amide bonds. The molecule has 0 spiro atoms. The van der Waals surface area contributed by atoms with Crippen molar-refractivity contribution in [3.8, 4) is 0 Å². The molecule has 0 aromatic rings. The summed E-state index contributed by atoms with van der Waals surface area (Å²) in [7, 11) is -9.78. The van der Waals surface area contributed by atoms with Gasteiger partial charge in [-0.25, -0.2) is 4.57 Å². The topological polar surface area (TPSA) is 190 Å². The van der Waals surface area contributed by atoms with Crippen molar-refractivity contribution in [1.29, 1.82) is 0 Å². The lowest BCUT2D eigenvalue weighted by Crippen LogP contribution is -2.11. The Morgan fingerprint density at radius 3 is 0.909 bits per heavy atom. The van der Waals surface area contributed by atoms with Gasteiger partial charge >= 0.3 is 13.3 Å². The molecule has 0 rings (SSSR count). The number of hydrogen-bond donors (Lipinski definition) is 4. The van der Waals surface area contributed by atoms with E-state index in [0.717, 1.165) is 0 Å². The Hall–Kier alpha value is 0.180. The second-order valence-corrected chi connectivity index (χ2v) is 2.95. The molecule has 0 aromatic heterocycles. The van der Waals surface area contributed by atoms with Gasteiger partial charge in [-0.15, -0.1) is 0 Å². The maximum atomic E-state index is 8.88. The van der Waals surface area contributed by atoms with Crippen molar-refractivity contribution in [2.75, 3.05) is 0 Å². The molecule has 0 unspecified atom stereocenters. The lowest BCUT2D eigenvalue weighted by molar-refractivity contribution is -0.337. The van der Waals surface area contributed by atoms with Gasteiger partial charge in [0.05, 0.1) is 7.82 Å². The summed E-state index contributed by atoms with van der Waals surface area (Å²) in [6.07, 6.45) is 0. The van der Waals surface area contributed by atoms with Crippen molar-refractivity contribution >= 4 is 15.6 Å². The van der Waals surface area contributed by atoms with Crippen LogP contribution in [0, 0.1) is 0 Å². The molecule has 11 heteroatoms. The van der Waals surface area contributed by atoms with Gasteiger partial charge in [-0.3, -0.25) is 0 Å².